The van der Waals surface area contributed by atoms with Crippen molar-refractivity contribution in [2.24, 2.45) is 0 Å². The van der Waals surface area contributed by atoms with Crippen LogP contribution in [-0.2, 0) is 0 Å². The molecule has 0 spiro atoms. The molecule has 1 aliphatic rings. The Bertz CT molecular complexity index is 1520. The van der Waals surface area contributed by atoms with E-state index in [4.69, 9.17) is 25.5 Å². The molecule has 1 atom stereocenters. The van der Waals surface area contributed by atoms with Crippen LogP contribution in [0.3, 0.4) is 0 Å². The van der Waals surface area contributed by atoms with Crippen molar-refractivity contribution in [2.75, 3.05) is 18.6 Å². The van der Waals surface area contributed by atoms with Crippen LogP contribution in [0, 0.1) is 6.92 Å². The van der Waals surface area contributed by atoms with Gasteiger partial charge < -0.3 is 13.9 Å². The maximum Gasteiger partial charge on any atom is 0.295 e. The van der Waals surface area contributed by atoms with E-state index in [1.165, 1.54) is 12.0 Å². The average molecular weight is 488 g/mol. The van der Waals surface area contributed by atoms with Gasteiger partial charge in [0.25, 0.3) is 5.91 Å². The van der Waals surface area contributed by atoms with Crippen LogP contribution in [0.15, 0.2) is 82.5 Å². The second-order valence-electron chi connectivity index (χ2n) is 8.24. The van der Waals surface area contributed by atoms with E-state index in [1.54, 1.807) is 48.5 Å². The van der Waals surface area contributed by atoms with Crippen LogP contribution >= 0.6 is 11.6 Å². The highest BCUT2D eigenvalue weighted by atomic mass is 35.5. The first-order chi connectivity index (χ1) is 16.9. The first-order valence-corrected chi connectivity index (χ1v) is 11.4. The highest BCUT2D eigenvalue weighted by molar-refractivity contribution is 6.32. The van der Waals surface area contributed by atoms with Gasteiger partial charge in [0.15, 0.2) is 5.43 Å². The lowest BCUT2D eigenvalue weighted by Crippen LogP contribution is -2.29. The summed E-state index contributed by atoms with van der Waals surface area (Å²) in [5.74, 6) is 0.738. The van der Waals surface area contributed by atoms with Gasteiger partial charge >= 0.3 is 0 Å². The molecule has 4 aromatic rings. The SMILES string of the molecule is C=CCOc1ccc(C2c3c(oc4ccc(C)cc4c3=O)C(=O)N2c2ccc(OC)c(Cl)c2)cc1. The minimum absolute atomic E-state index is 0.0234. The van der Waals surface area contributed by atoms with Crippen molar-refractivity contribution in [1.82, 2.24) is 0 Å². The van der Waals surface area contributed by atoms with Gasteiger partial charge in [-0.2, -0.15) is 0 Å². The van der Waals surface area contributed by atoms with E-state index >= 15 is 0 Å². The normalized spacial score (nSPS) is 14.8. The van der Waals surface area contributed by atoms with Gasteiger partial charge in [0, 0.05) is 5.69 Å². The Balaban J connectivity index is 1.72. The van der Waals surface area contributed by atoms with Crippen molar-refractivity contribution in [3.05, 3.63) is 111 Å². The highest BCUT2D eigenvalue weighted by Crippen LogP contribution is 2.43. The van der Waals surface area contributed by atoms with Crippen molar-refractivity contribution in [2.45, 2.75) is 13.0 Å². The number of hydrogen-bond donors (Lipinski definition) is 0. The lowest BCUT2D eigenvalue weighted by atomic mass is 9.97. The zero-order chi connectivity index (χ0) is 24.7. The fraction of sp³-hybridized carbons (Fsp3) is 0.143. The molecule has 0 saturated carbocycles. The van der Waals surface area contributed by atoms with E-state index in [0.29, 0.717) is 45.3 Å². The predicted molar refractivity (Wildman–Crippen MR) is 136 cm³/mol. The molecule has 0 radical (unpaired) electrons. The molecular weight excluding hydrogens is 466 g/mol. The molecule has 0 bridgehead atoms. The lowest BCUT2D eigenvalue weighted by molar-refractivity contribution is 0.0971. The number of amides is 1. The Morgan fingerprint density at radius 2 is 1.86 bits per heavy atom. The van der Waals surface area contributed by atoms with Crippen LogP contribution < -0.4 is 19.8 Å². The lowest BCUT2D eigenvalue weighted by Gasteiger charge is -2.26. The van der Waals surface area contributed by atoms with E-state index in [2.05, 4.69) is 6.58 Å². The smallest absolute Gasteiger partial charge is 0.295 e. The third-order valence-electron chi connectivity index (χ3n) is 6.00. The highest BCUT2D eigenvalue weighted by Gasteiger charge is 2.43. The third-order valence-corrected chi connectivity index (χ3v) is 6.30. The topological polar surface area (TPSA) is 69.0 Å². The van der Waals surface area contributed by atoms with Crippen molar-refractivity contribution in [3.8, 4) is 11.5 Å². The number of aryl methyl sites for hydroxylation is 1. The first kappa shape index (κ1) is 22.7. The van der Waals surface area contributed by atoms with Gasteiger partial charge in [0.2, 0.25) is 5.76 Å². The summed E-state index contributed by atoms with van der Waals surface area (Å²) in [6.45, 7) is 5.93. The number of carbonyl (C=O) groups is 1. The van der Waals surface area contributed by atoms with Gasteiger partial charge in [-0.15, -0.1) is 0 Å². The Morgan fingerprint density at radius 1 is 1.09 bits per heavy atom. The van der Waals surface area contributed by atoms with E-state index in [1.807, 2.05) is 25.1 Å². The van der Waals surface area contributed by atoms with Gasteiger partial charge in [-0.05, 0) is 55.0 Å². The molecule has 7 heteroatoms. The maximum absolute atomic E-state index is 13.7. The second kappa shape index (κ2) is 8.96. The molecule has 6 nitrogen and oxygen atoms in total. The Labute approximate surface area is 207 Å². The number of hydrogen-bond acceptors (Lipinski definition) is 5. The molecule has 5 rings (SSSR count). The summed E-state index contributed by atoms with van der Waals surface area (Å²) >= 11 is 6.39. The molecule has 35 heavy (non-hydrogen) atoms. The van der Waals surface area contributed by atoms with Crippen molar-refractivity contribution < 1.29 is 18.7 Å². The van der Waals surface area contributed by atoms with E-state index in [9.17, 15) is 9.59 Å². The molecule has 3 aromatic carbocycles. The molecule has 0 aliphatic carbocycles. The summed E-state index contributed by atoms with van der Waals surface area (Å²) < 4.78 is 16.9. The quantitative estimate of drug-likeness (QED) is 0.308. The van der Waals surface area contributed by atoms with Crippen LogP contribution in [0.5, 0.6) is 11.5 Å². The number of ether oxygens (including phenoxy) is 2. The molecule has 1 unspecified atom stereocenters. The van der Waals surface area contributed by atoms with Crippen LogP contribution in [0.25, 0.3) is 11.0 Å². The minimum atomic E-state index is -0.712. The van der Waals surface area contributed by atoms with Crippen molar-refractivity contribution in [3.63, 3.8) is 0 Å². The molecule has 1 aliphatic heterocycles. The van der Waals surface area contributed by atoms with Crippen LogP contribution in [-0.4, -0.2) is 19.6 Å². The summed E-state index contributed by atoms with van der Waals surface area (Å²) in [6, 6.07) is 17.0. The fourth-order valence-corrected chi connectivity index (χ4v) is 4.63. The first-order valence-electron chi connectivity index (χ1n) is 11.0. The average Bonchev–Trinajstić information content (AvgIpc) is 3.16. The third kappa shape index (κ3) is 3.86. The van der Waals surface area contributed by atoms with Crippen molar-refractivity contribution >= 4 is 34.2 Å². The van der Waals surface area contributed by atoms with Gasteiger partial charge in [0.1, 0.15) is 23.7 Å². The predicted octanol–water partition coefficient (Wildman–Crippen LogP) is 6.08. The maximum atomic E-state index is 13.7. The molecule has 0 fully saturated rings. The van der Waals surface area contributed by atoms with Crippen LogP contribution in [0.4, 0.5) is 5.69 Å². The van der Waals surface area contributed by atoms with E-state index in [0.717, 1.165) is 11.1 Å². The number of nitrogens with zero attached hydrogens (tertiary/aromatic N) is 1. The molecule has 0 N–H and O–H groups in total. The Kier molecular flexibility index (Phi) is 5.83. The summed E-state index contributed by atoms with van der Waals surface area (Å²) in [5.41, 5.74) is 2.60. The fourth-order valence-electron chi connectivity index (χ4n) is 4.38. The molecule has 0 saturated heterocycles. The van der Waals surface area contributed by atoms with Crippen LogP contribution in [0.2, 0.25) is 5.02 Å². The minimum Gasteiger partial charge on any atom is -0.495 e. The van der Waals surface area contributed by atoms with Gasteiger partial charge in [-0.25, -0.2) is 0 Å². The molecule has 176 valence electrons. The van der Waals surface area contributed by atoms with E-state index in [-0.39, 0.29) is 11.2 Å². The summed E-state index contributed by atoms with van der Waals surface area (Å²) in [5, 5.41) is 0.780. The Morgan fingerprint density at radius 3 is 2.54 bits per heavy atom. The Hall–Kier alpha value is -4.03. The summed E-state index contributed by atoms with van der Waals surface area (Å²) in [7, 11) is 1.52. The number of carbonyl (C=O) groups excluding carboxylic acids is 1. The number of benzene rings is 3. The summed E-state index contributed by atoms with van der Waals surface area (Å²) in [6.07, 6.45) is 1.66. The van der Waals surface area contributed by atoms with Crippen molar-refractivity contribution in [1.29, 1.82) is 0 Å². The number of methoxy groups -OCH3 is 1. The standard InChI is InChI=1S/C28H22ClNO5/c1-4-13-34-19-9-6-17(7-10-19)25-24-26(31)20-14-16(2)5-11-22(20)35-27(24)28(32)30(25)18-8-12-23(33-3)21(29)15-18/h4-12,14-15,25H,1,13H2,2-3H3. The zero-order valence-corrected chi connectivity index (χ0v) is 20.0. The largest absolute Gasteiger partial charge is 0.495 e. The molecule has 2 heterocycles. The number of anilines is 1. The zero-order valence-electron chi connectivity index (χ0n) is 19.2. The van der Waals surface area contributed by atoms with Gasteiger partial charge in [-0.1, -0.05) is 48.0 Å². The molecular formula is C28H22ClNO5. The molecule has 1 amide bonds. The summed E-state index contributed by atoms with van der Waals surface area (Å²) in [4.78, 5) is 29.0. The second-order valence-corrected chi connectivity index (χ2v) is 8.65. The number of fused-ring (bicyclic) bond motifs is 2. The molecule has 1 aromatic heterocycles. The number of rotatable bonds is 6. The van der Waals surface area contributed by atoms with Gasteiger partial charge in [-0.3, -0.25) is 14.5 Å². The monoisotopic (exact) mass is 487 g/mol. The van der Waals surface area contributed by atoms with E-state index < -0.39 is 11.9 Å². The van der Waals surface area contributed by atoms with Crippen LogP contribution in [0.1, 0.15) is 33.3 Å². The van der Waals surface area contributed by atoms with Gasteiger partial charge in [0.05, 0.1) is 29.1 Å². The number of halogens is 1.